The molecule has 5 heteroatoms. The summed E-state index contributed by atoms with van der Waals surface area (Å²) < 4.78 is 0. The number of aliphatic hydroxyl groups excluding tert-OH is 2. The van der Waals surface area contributed by atoms with Crippen molar-refractivity contribution in [2.75, 3.05) is 13.2 Å². The molecule has 5 nitrogen and oxygen atoms in total. The molecule has 0 aliphatic rings. The topological polar surface area (TPSA) is 99.2 Å². The Balaban J connectivity index is 0. The molecule has 0 aromatic carbocycles. The summed E-state index contributed by atoms with van der Waals surface area (Å²) in [6, 6.07) is 0. The summed E-state index contributed by atoms with van der Waals surface area (Å²) in [4.78, 5) is 1.50. The van der Waals surface area contributed by atoms with Crippen molar-refractivity contribution in [1.29, 1.82) is 0 Å². The smallest absolute Gasteiger partial charge is 0.0662 e. The van der Waals surface area contributed by atoms with Gasteiger partial charge >= 0.3 is 0 Å². The SMILES string of the molecule is OCCO.[N-]=[N+]=[N-]. The van der Waals surface area contributed by atoms with Crippen LogP contribution in [0.2, 0.25) is 0 Å². The molecule has 0 bridgehead atoms. The van der Waals surface area contributed by atoms with Gasteiger partial charge in [-0.3, -0.25) is 4.91 Å². The van der Waals surface area contributed by atoms with E-state index in [-0.39, 0.29) is 13.2 Å². The molecule has 0 radical (unpaired) electrons. The van der Waals surface area contributed by atoms with E-state index in [1.807, 2.05) is 0 Å². The van der Waals surface area contributed by atoms with Gasteiger partial charge in [0.1, 0.15) is 0 Å². The highest BCUT2D eigenvalue weighted by Gasteiger charge is 1.58. The lowest BCUT2D eigenvalue weighted by Crippen LogP contribution is -1.85. The molecule has 2 N–H and O–H groups in total. The molecule has 0 aromatic rings. The summed E-state index contributed by atoms with van der Waals surface area (Å²) in [7, 11) is 0. The van der Waals surface area contributed by atoms with Crippen LogP contribution in [0.5, 0.6) is 0 Å². The van der Waals surface area contributed by atoms with E-state index in [4.69, 9.17) is 21.3 Å². The maximum Gasteiger partial charge on any atom is 0.0662 e. The van der Waals surface area contributed by atoms with E-state index in [0.29, 0.717) is 0 Å². The standard InChI is InChI=1S/C2H6O2.N3/c3-1-2-4;1-3-2/h3-4H,1-2H2;/q;-1. The maximum atomic E-state index is 7.62. The number of hydrogen-bond acceptors (Lipinski definition) is 2. The second-order valence-electron chi connectivity index (χ2n) is 0.537. The van der Waals surface area contributed by atoms with Crippen molar-refractivity contribution < 1.29 is 10.2 Å². The first kappa shape index (κ1) is 9.52. The van der Waals surface area contributed by atoms with Crippen molar-refractivity contribution in [3.05, 3.63) is 16.0 Å². The highest BCUT2D eigenvalue weighted by molar-refractivity contribution is 4.36. The Morgan fingerprint density at radius 3 is 1.29 bits per heavy atom. The van der Waals surface area contributed by atoms with Crippen LogP contribution in [0.3, 0.4) is 0 Å². The van der Waals surface area contributed by atoms with Gasteiger partial charge in [0, 0.05) is 0 Å². The Morgan fingerprint density at radius 1 is 1.14 bits per heavy atom. The summed E-state index contributed by atoms with van der Waals surface area (Å²) >= 11 is 0. The van der Waals surface area contributed by atoms with Gasteiger partial charge in [0.2, 0.25) is 0 Å². The van der Waals surface area contributed by atoms with Gasteiger partial charge in [0.25, 0.3) is 0 Å². The van der Waals surface area contributed by atoms with E-state index in [1.165, 1.54) is 4.91 Å². The molecule has 0 aromatic heterocycles. The van der Waals surface area contributed by atoms with Gasteiger partial charge in [0.15, 0.2) is 0 Å². The minimum atomic E-state index is -0.125. The van der Waals surface area contributed by atoms with Crippen LogP contribution in [0.4, 0.5) is 0 Å². The summed E-state index contributed by atoms with van der Waals surface area (Å²) in [6.45, 7) is -0.250. The van der Waals surface area contributed by atoms with Gasteiger partial charge in [-0.15, -0.1) is 0 Å². The highest BCUT2D eigenvalue weighted by atomic mass is 16.3. The Labute approximate surface area is 40.6 Å². The van der Waals surface area contributed by atoms with Crippen molar-refractivity contribution in [3.8, 4) is 0 Å². The molecule has 0 spiro atoms. The minimum Gasteiger partial charge on any atom is -0.394 e. The van der Waals surface area contributed by atoms with Crippen LogP contribution in [0.15, 0.2) is 0 Å². The fraction of sp³-hybridized carbons (Fsp3) is 1.00. The minimum absolute atomic E-state index is 0.125. The van der Waals surface area contributed by atoms with E-state index < -0.39 is 0 Å². The van der Waals surface area contributed by atoms with Gasteiger partial charge in [0.05, 0.1) is 13.2 Å². The number of nitrogens with zero attached hydrogens (tertiary/aromatic N) is 3. The van der Waals surface area contributed by atoms with Crippen LogP contribution >= 0.6 is 0 Å². The largest absolute Gasteiger partial charge is 0.394 e. The first-order valence-corrected chi connectivity index (χ1v) is 1.53. The van der Waals surface area contributed by atoms with Crippen LogP contribution in [-0.2, 0) is 0 Å². The van der Waals surface area contributed by atoms with Crippen LogP contribution in [-0.4, -0.2) is 23.4 Å². The second kappa shape index (κ2) is 18.8. The molecule has 0 fully saturated rings. The quantitative estimate of drug-likeness (QED) is 0.274. The Morgan fingerprint density at radius 2 is 1.29 bits per heavy atom. The molecular formula is C2H6N3O2-. The van der Waals surface area contributed by atoms with Crippen molar-refractivity contribution in [2.24, 2.45) is 0 Å². The molecular weight excluding hydrogens is 98.0 g/mol. The van der Waals surface area contributed by atoms with Crippen LogP contribution in [0, 0.1) is 0 Å². The molecule has 0 saturated heterocycles. The van der Waals surface area contributed by atoms with Gasteiger partial charge in [-0.1, -0.05) is 0 Å². The third-order valence-corrected chi connectivity index (χ3v) is 0.1000. The molecule has 0 heterocycles. The normalized spacial score (nSPS) is 5.43. The molecule has 7 heavy (non-hydrogen) atoms. The first-order valence-electron chi connectivity index (χ1n) is 1.53. The molecule has 0 unspecified atom stereocenters. The Kier molecular flexibility index (Phi) is 25.6. The number of aliphatic hydroxyl groups is 2. The molecule has 0 amide bonds. The van der Waals surface area contributed by atoms with Crippen LogP contribution in [0.1, 0.15) is 0 Å². The van der Waals surface area contributed by atoms with Gasteiger partial charge in [-0.25, -0.2) is 0 Å². The predicted octanol–water partition coefficient (Wildman–Crippen LogP) is -0.163. The predicted molar refractivity (Wildman–Crippen MR) is 24.2 cm³/mol. The number of rotatable bonds is 1. The zero-order valence-electron chi connectivity index (χ0n) is 3.65. The summed E-state index contributed by atoms with van der Waals surface area (Å²) in [6.07, 6.45) is 0. The van der Waals surface area contributed by atoms with Crippen molar-refractivity contribution in [1.82, 2.24) is 0 Å². The van der Waals surface area contributed by atoms with Crippen LogP contribution in [0.25, 0.3) is 16.0 Å². The van der Waals surface area contributed by atoms with E-state index in [2.05, 4.69) is 0 Å². The van der Waals surface area contributed by atoms with E-state index in [9.17, 15) is 0 Å². The van der Waals surface area contributed by atoms with E-state index in [1.54, 1.807) is 0 Å². The second-order valence-corrected chi connectivity index (χ2v) is 0.537. The lowest BCUT2D eigenvalue weighted by molar-refractivity contribution is 0.186. The molecule has 42 valence electrons. The monoisotopic (exact) mass is 104 g/mol. The van der Waals surface area contributed by atoms with E-state index >= 15 is 0 Å². The lowest BCUT2D eigenvalue weighted by atomic mass is 10.8. The Bertz CT molecular complexity index is 46.9. The van der Waals surface area contributed by atoms with Crippen molar-refractivity contribution in [3.63, 3.8) is 0 Å². The highest BCUT2D eigenvalue weighted by Crippen LogP contribution is 1.39. The Hall–Kier alpha value is -0.770. The van der Waals surface area contributed by atoms with Crippen LogP contribution < -0.4 is 0 Å². The van der Waals surface area contributed by atoms with Gasteiger partial charge in [-0.2, -0.15) is 0 Å². The molecule has 0 rings (SSSR count). The molecule has 0 atom stereocenters. The zero-order valence-corrected chi connectivity index (χ0v) is 3.65. The fourth-order valence-corrected chi connectivity index (χ4v) is 0. The number of hydrogen-bond donors (Lipinski definition) is 2. The first-order chi connectivity index (χ1) is 3.33. The summed E-state index contributed by atoms with van der Waals surface area (Å²) in [5.41, 5.74) is 13.5. The van der Waals surface area contributed by atoms with Gasteiger partial charge in [-0.05, 0) is 0 Å². The van der Waals surface area contributed by atoms with Crippen molar-refractivity contribution in [2.45, 2.75) is 0 Å². The molecule has 0 aliphatic heterocycles. The fourth-order valence-electron chi connectivity index (χ4n) is 0. The average molecular weight is 104 g/mol. The molecule has 0 aliphatic carbocycles. The molecule has 0 saturated carbocycles. The van der Waals surface area contributed by atoms with Gasteiger partial charge < -0.3 is 21.3 Å². The maximum absolute atomic E-state index is 7.62. The third-order valence-electron chi connectivity index (χ3n) is 0.1000. The zero-order chi connectivity index (χ0) is 6.12. The third kappa shape index (κ3) is 1030. The van der Waals surface area contributed by atoms with Crippen molar-refractivity contribution >= 4 is 0 Å². The average Bonchev–Trinajstić information content (AvgIpc) is 1.69. The van der Waals surface area contributed by atoms with E-state index in [0.717, 1.165) is 0 Å². The summed E-state index contributed by atoms with van der Waals surface area (Å²) in [5.74, 6) is 0. The summed E-state index contributed by atoms with van der Waals surface area (Å²) in [5, 5.41) is 15.2. The lowest BCUT2D eigenvalue weighted by Gasteiger charge is -1.70.